The number of carbonyl (C=O) groups is 2. The van der Waals surface area contributed by atoms with Crippen LogP contribution >= 0.6 is 0 Å². The van der Waals surface area contributed by atoms with Gasteiger partial charge in [-0.05, 0) is 17.7 Å². The predicted molar refractivity (Wildman–Crippen MR) is 66.1 cm³/mol. The summed E-state index contributed by atoms with van der Waals surface area (Å²) < 4.78 is 0. The molecular weight excluding hydrogens is 234 g/mol. The van der Waals surface area contributed by atoms with Crippen LogP contribution in [0.4, 0.5) is 11.4 Å². The van der Waals surface area contributed by atoms with Crippen LogP contribution in [-0.4, -0.2) is 24.9 Å². The molecule has 1 aromatic rings. The van der Waals surface area contributed by atoms with Gasteiger partial charge in [0.05, 0.1) is 11.4 Å². The first-order valence-electron chi connectivity index (χ1n) is 5.42. The van der Waals surface area contributed by atoms with Crippen molar-refractivity contribution in [3.05, 3.63) is 34.7 Å². The normalized spacial score (nSPS) is 13.3. The Kier molecular flexibility index (Phi) is 3.45. The Bertz CT molecular complexity index is 536. The molecule has 0 atom stereocenters. The van der Waals surface area contributed by atoms with Gasteiger partial charge in [0.25, 0.3) is 0 Å². The molecule has 0 bridgehead atoms. The minimum Gasteiger partial charge on any atom is -0.323 e. The topological polar surface area (TPSA) is 98.2 Å². The van der Waals surface area contributed by atoms with Crippen LogP contribution in [0.1, 0.15) is 6.42 Å². The highest BCUT2D eigenvalue weighted by atomic mass is 16.2. The molecule has 18 heavy (non-hydrogen) atoms. The second-order valence-corrected chi connectivity index (χ2v) is 3.75. The third kappa shape index (κ3) is 2.41. The highest BCUT2D eigenvalue weighted by Crippen LogP contribution is 2.29. The van der Waals surface area contributed by atoms with E-state index in [2.05, 4.69) is 15.3 Å². The third-order valence-corrected chi connectivity index (χ3v) is 2.56. The number of hydrogen-bond acceptors (Lipinski definition) is 3. The van der Waals surface area contributed by atoms with Gasteiger partial charge >= 0.3 is 0 Å². The van der Waals surface area contributed by atoms with E-state index in [9.17, 15) is 9.59 Å². The number of rotatable bonds is 3. The lowest BCUT2D eigenvalue weighted by molar-refractivity contribution is -0.121. The zero-order chi connectivity index (χ0) is 13.0. The maximum atomic E-state index is 11.9. The Hall–Kier alpha value is -2.53. The summed E-state index contributed by atoms with van der Waals surface area (Å²) in [5.41, 5.74) is 9.44. The van der Waals surface area contributed by atoms with Crippen LogP contribution in [0.2, 0.25) is 0 Å². The summed E-state index contributed by atoms with van der Waals surface area (Å²) in [7, 11) is 0. The van der Waals surface area contributed by atoms with Crippen LogP contribution in [-0.2, 0) is 9.59 Å². The quantitative estimate of drug-likeness (QED) is 0.497. The van der Waals surface area contributed by atoms with Crippen molar-refractivity contribution < 1.29 is 9.59 Å². The van der Waals surface area contributed by atoms with Crippen LogP contribution in [0, 0.1) is 0 Å². The first-order chi connectivity index (χ1) is 8.72. The average molecular weight is 245 g/mol. The minimum absolute atomic E-state index is 0.00782. The van der Waals surface area contributed by atoms with E-state index in [-0.39, 0.29) is 31.3 Å². The fraction of sp³-hybridized carbons (Fsp3) is 0.273. The molecule has 7 heteroatoms. The van der Waals surface area contributed by atoms with Crippen molar-refractivity contribution in [2.24, 2.45) is 5.11 Å². The highest BCUT2D eigenvalue weighted by molar-refractivity contribution is 6.09. The van der Waals surface area contributed by atoms with Crippen molar-refractivity contribution in [3.8, 4) is 0 Å². The van der Waals surface area contributed by atoms with Crippen LogP contribution in [0.15, 0.2) is 29.4 Å². The van der Waals surface area contributed by atoms with E-state index in [1.807, 2.05) is 0 Å². The van der Waals surface area contributed by atoms with Crippen molar-refractivity contribution in [1.82, 2.24) is 0 Å². The van der Waals surface area contributed by atoms with Gasteiger partial charge in [-0.2, -0.15) is 0 Å². The average Bonchev–Trinajstić information content (AvgIpc) is 2.38. The van der Waals surface area contributed by atoms with Gasteiger partial charge in [-0.15, -0.1) is 0 Å². The second-order valence-electron chi connectivity index (χ2n) is 3.75. The number of nitrogens with zero attached hydrogens (tertiary/aromatic N) is 4. The number of amides is 2. The summed E-state index contributed by atoms with van der Waals surface area (Å²) in [4.78, 5) is 27.4. The number of azide groups is 1. The largest absolute Gasteiger partial charge is 0.323 e. The summed E-state index contributed by atoms with van der Waals surface area (Å²) >= 11 is 0. The first-order valence-corrected chi connectivity index (χ1v) is 5.42. The molecule has 0 unspecified atom stereocenters. The maximum Gasteiger partial charge on any atom is 0.244 e. The zero-order valence-corrected chi connectivity index (χ0v) is 9.54. The molecule has 92 valence electrons. The number of nitrogens with one attached hydrogen (secondary N) is 1. The lowest BCUT2D eigenvalue weighted by atomic mass is 10.2. The van der Waals surface area contributed by atoms with Crippen molar-refractivity contribution in [3.63, 3.8) is 0 Å². The highest BCUT2D eigenvalue weighted by Gasteiger charge is 2.25. The molecule has 0 saturated heterocycles. The standard InChI is InChI=1S/C11H11N5O2/c12-15-13-6-5-11(18)16-7-10(17)14-8-3-1-2-4-9(8)16/h1-4H,5-7H2,(H,14,17). The number of hydrogen-bond donors (Lipinski definition) is 1. The minimum atomic E-state index is -0.232. The number of fused-ring (bicyclic) bond motifs is 1. The van der Waals surface area contributed by atoms with Crippen molar-refractivity contribution in [2.75, 3.05) is 23.3 Å². The monoisotopic (exact) mass is 245 g/mol. The van der Waals surface area contributed by atoms with Crippen molar-refractivity contribution >= 4 is 23.2 Å². The molecule has 0 aromatic heterocycles. The summed E-state index contributed by atoms with van der Waals surface area (Å²) in [5, 5.41) is 6.01. The molecule has 1 aromatic carbocycles. The summed E-state index contributed by atoms with van der Waals surface area (Å²) in [6.07, 6.45) is 0.0890. The fourth-order valence-corrected chi connectivity index (χ4v) is 1.78. The Morgan fingerprint density at radius 3 is 3.06 bits per heavy atom. The van der Waals surface area contributed by atoms with Gasteiger partial charge in [-0.1, -0.05) is 17.2 Å². The SMILES string of the molecule is [N-]=[N+]=NCCC(=O)N1CC(=O)Nc2ccccc21. The van der Waals surface area contributed by atoms with Crippen molar-refractivity contribution in [1.29, 1.82) is 0 Å². The lowest BCUT2D eigenvalue weighted by Crippen LogP contribution is -2.42. The molecule has 1 N–H and O–H groups in total. The van der Waals surface area contributed by atoms with Crippen LogP contribution in [0.25, 0.3) is 10.4 Å². The van der Waals surface area contributed by atoms with E-state index in [1.165, 1.54) is 4.90 Å². The van der Waals surface area contributed by atoms with E-state index in [4.69, 9.17) is 5.53 Å². The van der Waals surface area contributed by atoms with Gasteiger partial charge in [0.1, 0.15) is 6.54 Å². The molecule has 1 aliphatic heterocycles. The molecule has 0 radical (unpaired) electrons. The summed E-state index contributed by atoms with van der Waals surface area (Å²) in [5.74, 6) is -0.462. The number of benzene rings is 1. The second kappa shape index (κ2) is 5.20. The van der Waals surface area contributed by atoms with E-state index >= 15 is 0 Å². The number of para-hydroxylation sites is 2. The van der Waals surface area contributed by atoms with Gasteiger partial charge in [0.15, 0.2) is 0 Å². The van der Waals surface area contributed by atoms with E-state index in [0.29, 0.717) is 11.4 Å². The molecule has 2 rings (SSSR count). The number of anilines is 2. The fourth-order valence-electron chi connectivity index (χ4n) is 1.78. The maximum absolute atomic E-state index is 11.9. The van der Waals surface area contributed by atoms with E-state index in [0.717, 1.165) is 0 Å². The van der Waals surface area contributed by atoms with E-state index in [1.54, 1.807) is 24.3 Å². The molecule has 7 nitrogen and oxygen atoms in total. The molecular formula is C11H11N5O2. The molecule has 1 heterocycles. The third-order valence-electron chi connectivity index (χ3n) is 2.56. The molecule has 2 amide bonds. The predicted octanol–water partition coefficient (Wildman–Crippen LogP) is 1.67. The van der Waals surface area contributed by atoms with Crippen LogP contribution in [0.3, 0.4) is 0 Å². The Morgan fingerprint density at radius 2 is 2.28 bits per heavy atom. The summed E-state index contributed by atoms with van der Waals surface area (Å²) in [6.45, 7) is 0.0851. The van der Waals surface area contributed by atoms with Gasteiger partial charge in [-0.3, -0.25) is 9.59 Å². The molecule has 0 fully saturated rings. The Morgan fingerprint density at radius 1 is 1.50 bits per heavy atom. The van der Waals surface area contributed by atoms with Gasteiger partial charge in [-0.25, -0.2) is 0 Å². The Labute approximate surface area is 103 Å². The molecule has 0 spiro atoms. The Balaban J connectivity index is 2.20. The number of carbonyl (C=O) groups excluding carboxylic acids is 2. The zero-order valence-electron chi connectivity index (χ0n) is 9.54. The molecule has 0 saturated carbocycles. The molecule has 1 aliphatic rings. The first kappa shape index (κ1) is 11.9. The smallest absolute Gasteiger partial charge is 0.244 e. The molecule has 0 aliphatic carbocycles. The summed E-state index contributed by atoms with van der Waals surface area (Å²) in [6, 6.07) is 7.08. The van der Waals surface area contributed by atoms with Crippen LogP contribution in [0.5, 0.6) is 0 Å². The van der Waals surface area contributed by atoms with Gasteiger partial charge in [0, 0.05) is 17.9 Å². The van der Waals surface area contributed by atoms with Gasteiger partial charge in [0.2, 0.25) is 11.8 Å². The van der Waals surface area contributed by atoms with Crippen molar-refractivity contribution in [2.45, 2.75) is 6.42 Å². The van der Waals surface area contributed by atoms with E-state index < -0.39 is 0 Å². The lowest BCUT2D eigenvalue weighted by Gasteiger charge is -2.29. The van der Waals surface area contributed by atoms with Crippen LogP contribution < -0.4 is 10.2 Å². The van der Waals surface area contributed by atoms with Gasteiger partial charge < -0.3 is 10.2 Å².